The van der Waals surface area contributed by atoms with Gasteiger partial charge in [-0.3, -0.25) is 4.68 Å². The van der Waals surface area contributed by atoms with Crippen molar-refractivity contribution in [1.29, 1.82) is 0 Å². The quantitative estimate of drug-likeness (QED) is 0.917. The van der Waals surface area contributed by atoms with Crippen LogP contribution in [0.1, 0.15) is 42.4 Å². The molecule has 1 heterocycles. The second-order valence-corrected chi connectivity index (χ2v) is 5.13. The Morgan fingerprint density at radius 3 is 2.52 bits per heavy atom. The number of hydrogen-bond acceptors (Lipinski definition) is 2. The number of aryl methyl sites for hydroxylation is 3. The first-order valence-electron chi connectivity index (χ1n) is 7.20. The highest BCUT2D eigenvalue weighted by atomic mass is 19.2. The Hall–Kier alpha value is -1.75. The first-order valence-corrected chi connectivity index (χ1v) is 7.20. The lowest BCUT2D eigenvalue weighted by Gasteiger charge is -2.20. The van der Waals surface area contributed by atoms with Gasteiger partial charge >= 0.3 is 0 Å². The predicted molar refractivity (Wildman–Crippen MR) is 79.2 cm³/mol. The summed E-state index contributed by atoms with van der Waals surface area (Å²) in [5.74, 6) is -1.58. The van der Waals surface area contributed by atoms with Crippen molar-refractivity contribution in [1.82, 2.24) is 15.1 Å². The van der Waals surface area contributed by atoms with E-state index in [1.807, 2.05) is 27.0 Å². The Morgan fingerprint density at radius 2 is 1.95 bits per heavy atom. The lowest BCUT2D eigenvalue weighted by molar-refractivity contribution is 0.472. The largest absolute Gasteiger partial charge is 0.305 e. The minimum Gasteiger partial charge on any atom is -0.305 e. The van der Waals surface area contributed by atoms with Crippen LogP contribution in [-0.2, 0) is 13.5 Å². The number of halogens is 2. The molecule has 2 rings (SSSR count). The van der Waals surface area contributed by atoms with Crippen LogP contribution >= 0.6 is 0 Å². The third kappa shape index (κ3) is 2.97. The molecule has 3 nitrogen and oxygen atoms in total. The number of aromatic nitrogens is 2. The highest BCUT2D eigenvalue weighted by molar-refractivity contribution is 5.33. The normalized spacial score (nSPS) is 12.7. The molecule has 114 valence electrons. The van der Waals surface area contributed by atoms with E-state index < -0.39 is 17.7 Å². The Morgan fingerprint density at radius 1 is 1.24 bits per heavy atom. The fraction of sp³-hybridized carbons (Fsp3) is 0.438. The maximum Gasteiger partial charge on any atom is 0.164 e. The van der Waals surface area contributed by atoms with E-state index in [-0.39, 0.29) is 0 Å². The van der Waals surface area contributed by atoms with E-state index in [9.17, 15) is 8.78 Å². The van der Waals surface area contributed by atoms with Crippen molar-refractivity contribution >= 4 is 0 Å². The summed E-state index contributed by atoms with van der Waals surface area (Å²) in [6, 6.07) is 4.77. The second-order valence-electron chi connectivity index (χ2n) is 5.13. The Bertz CT molecular complexity index is 635. The second kappa shape index (κ2) is 6.35. The minimum absolute atomic E-state index is 0.311. The van der Waals surface area contributed by atoms with Crippen LogP contribution in [0.15, 0.2) is 18.2 Å². The molecule has 0 saturated carbocycles. The van der Waals surface area contributed by atoms with E-state index in [2.05, 4.69) is 10.4 Å². The fourth-order valence-electron chi connectivity index (χ4n) is 2.45. The molecular formula is C16H21F2N3. The van der Waals surface area contributed by atoms with Gasteiger partial charge in [-0.05, 0) is 31.5 Å². The average molecular weight is 293 g/mol. The monoisotopic (exact) mass is 293 g/mol. The number of nitrogens with zero attached hydrogens (tertiary/aromatic N) is 2. The van der Waals surface area contributed by atoms with Crippen LogP contribution in [0, 0.1) is 18.6 Å². The van der Waals surface area contributed by atoms with Gasteiger partial charge in [-0.2, -0.15) is 5.10 Å². The summed E-state index contributed by atoms with van der Waals surface area (Å²) in [4.78, 5) is 0. The van der Waals surface area contributed by atoms with E-state index in [0.29, 0.717) is 17.7 Å². The molecule has 0 fully saturated rings. The smallest absolute Gasteiger partial charge is 0.164 e. The summed E-state index contributed by atoms with van der Waals surface area (Å²) in [6.45, 7) is 6.16. The van der Waals surface area contributed by atoms with Gasteiger partial charge in [0.25, 0.3) is 0 Å². The van der Waals surface area contributed by atoms with Gasteiger partial charge in [0.05, 0.1) is 17.4 Å². The first kappa shape index (κ1) is 15.6. The van der Waals surface area contributed by atoms with Gasteiger partial charge in [-0.1, -0.05) is 26.0 Å². The average Bonchev–Trinajstić information content (AvgIpc) is 2.84. The molecule has 0 saturated heterocycles. The third-order valence-electron chi connectivity index (χ3n) is 3.65. The van der Waals surface area contributed by atoms with Gasteiger partial charge in [0, 0.05) is 12.6 Å². The number of hydrogen-bond donors (Lipinski definition) is 1. The summed E-state index contributed by atoms with van der Waals surface area (Å²) in [5, 5.41) is 7.60. The molecule has 0 aliphatic rings. The van der Waals surface area contributed by atoms with Gasteiger partial charge in [0.15, 0.2) is 11.6 Å². The highest BCUT2D eigenvalue weighted by Gasteiger charge is 2.23. The molecule has 1 N–H and O–H groups in total. The van der Waals surface area contributed by atoms with Crippen LogP contribution in [0.2, 0.25) is 0 Å². The van der Waals surface area contributed by atoms with Crippen LogP contribution < -0.4 is 5.32 Å². The lowest BCUT2D eigenvalue weighted by atomic mass is 10.0. The van der Waals surface area contributed by atoms with Crippen LogP contribution in [0.3, 0.4) is 0 Å². The van der Waals surface area contributed by atoms with Crippen molar-refractivity contribution in [2.75, 3.05) is 6.54 Å². The maximum atomic E-state index is 14.3. The van der Waals surface area contributed by atoms with E-state index >= 15 is 0 Å². The van der Waals surface area contributed by atoms with Gasteiger partial charge in [0.2, 0.25) is 0 Å². The van der Waals surface area contributed by atoms with Crippen LogP contribution in [0.4, 0.5) is 8.78 Å². The van der Waals surface area contributed by atoms with Gasteiger partial charge in [0.1, 0.15) is 0 Å². The first-order chi connectivity index (χ1) is 9.99. The standard InChI is InChI=1S/C16H21F2N3/c1-5-11-9-13(21(4)20-11)16(19-6-2)12-8-7-10(3)14(17)15(12)18/h7-9,16,19H,5-6H2,1-4H3. The fourth-order valence-corrected chi connectivity index (χ4v) is 2.45. The van der Waals surface area contributed by atoms with Gasteiger partial charge in [-0.25, -0.2) is 8.78 Å². The van der Waals surface area contributed by atoms with Crippen LogP contribution in [0.25, 0.3) is 0 Å². The van der Waals surface area contributed by atoms with Crippen molar-refractivity contribution < 1.29 is 8.78 Å². The summed E-state index contributed by atoms with van der Waals surface area (Å²) in [7, 11) is 1.82. The minimum atomic E-state index is -0.791. The Kier molecular flexibility index (Phi) is 4.73. The zero-order valence-electron chi connectivity index (χ0n) is 12.9. The van der Waals surface area contributed by atoms with Crippen LogP contribution in [0.5, 0.6) is 0 Å². The summed E-state index contributed by atoms with van der Waals surface area (Å²) < 4.78 is 29.9. The van der Waals surface area contributed by atoms with Crippen molar-refractivity contribution in [2.24, 2.45) is 7.05 Å². The zero-order chi connectivity index (χ0) is 15.6. The van der Waals surface area contributed by atoms with Gasteiger partial charge < -0.3 is 5.32 Å². The molecule has 1 unspecified atom stereocenters. The molecule has 5 heteroatoms. The Labute approximate surface area is 124 Å². The molecule has 1 atom stereocenters. The predicted octanol–water partition coefficient (Wildman–Crippen LogP) is 3.27. The van der Waals surface area contributed by atoms with E-state index in [0.717, 1.165) is 17.8 Å². The lowest BCUT2D eigenvalue weighted by Crippen LogP contribution is -2.25. The third-order valence-corrected chi connectivity index (χ3v) is 3.65. The molecule has 0 amide bonds. The SMILES string of the molecule is CCNC(c1ccc(C)c(F)c1F)c1cc(CC)nn1C. The molecule has 21 heavy (non-hydrogen) atoms. The number of benzene rings is 1. The molecule has 0 aliphatic carbocycles. The summed E-state index contributed by atoms with van der Waals surface area (Å²) in [5.41, 5.74) is 2.38. The Balaban J connectivity index is 2.53. The van der Waals surface area contributed by atoms with Crippen molar-refractivity contribution in [3.8, 4) is 0 Å². The van der Waals surface area contributed by atoms with Crippen molar-refractivity contribution in [2.45, 2.75) is 33.2 Å². The molecule has 2 aromatic rings. The number of nitrogens with one attached hydrogen (secondary N) is 1. The van der Waals surface area contributed by atoms with Gasteiger partial charge in [-0.15, -0.1) is 0 Å². The van der Waals surface area contributed by atoms with E-state index in [1.54, 1.807) is 23.7 Å². The van der Waals surface area contributed by atoms with Crippen molar-refractivity contribution in [3.63, 3.8) is 0 Å². The molecule has 0 spiro atoms. The van der Waals surface area contributed by atoms with Crippen LogP contribution in [-0.4, -0.2) is 16.3 Å². The molecule has 1 aromatic carbocycles. The highest BCUT2D eigenvalue weighted by Crippen LogP contribution is 2.27. The molecule has 0 aliphatic heterocycles. The molecule has 0 bridgehead atoms. The molecule has 0 radical (unpaired) electrons. The molecule has 1 aromatic heterocycles. The summed E-state index contributed by atoms with van der Waals surface area (Å²) >= 11 is 0. The zero-order valence-corrected chi connectivity index (χ0v) is 12.9. The molecular weight excluding hydrogens is 272 g/mol. The maximum absolute atomic E-state index is 14.3. The van der Waals surface area contributed by atoms with E-state index in [4.69, 9.17) is 0 Å². The van der Waals surface area contributed by atoms with E-state index in [1.165, 1.54) is 0 Å². The number of rotatable bonds is 5. The van der Waals surface area contributed by atoms with Crippen molar-refractivity contribution in [3.05, 3.63) is 52.3 Å². The topological polar surface area (TPSA) is 29.9 Å². The summed E-state index contributed by atoms with van der Waals surface area (Å²) in [6.07, 6.45) is 0.803.